The lowest BCUT2D eigenvalue weighted by Crippen LogP contribution is -2.60. The SMILES string of the molecule is CCCCCCCCCCCCCC/C=C\CCCCCCCCCCCCCCCCCCC(O)C(=O)NC(COC1OC(CO)C(O)C(O)C1O)C(O)C(O)CCCCCCCCCCCCCCCCCCCCCCCCCCCCCC. The standard InChI is InChI=1S/C76H149NO10/c1-3-5-7-9-11-13-15-17-19-21-23-25-27-29-31-33-34-35-36-38-40-42-44-46-48-50-52-54-56-58-60-62-64-69(80)75(85)77-67(66-86-76-74(84)73(83)72(82)70(65-78)87-76)71(81)68(79)63-61-59-57-55-53-51-49-47-45-43-41-39-37-32-30-28-26-24-22-20-18-16-14-12-10-8-6-4-2/h29,31,67-74,76,78-84H,3-28,30,32-66H2,1-2H3,(H,77,85)/b31-29-. The quantitative estimate of drug-likeness (QED) is 0.0215. The summed E-state index contributed by atoms with van der Waals surface area (Å²) in [5.74, 6) is -0.687. The van der Waals surface area contributed by atoms with Crippen molar-refractivity contribution >= 4 is 5.91 Å². The van der Waals surface area contributed by atoms with Crippen molar-refractivity contribution in [3.63, 3.8) is 0 Å². The summed E-state index contributed by atoms with van der Waals surface area (Å²) in [6, 6.07) is -1.17. The maximum atomic E-state index is 13.3. The summed E-state index contributed by atoms with van der Waals surface area (Å²) in [4.78, 5) is 13.3. The Morgan fingerprint density at radius 2 is 0.667 bits per heavy atom. The number of allylic oxidation sites excluding steroid dienone is 2. The molecule has 0 aromatic heterocycles. The summed E-state index contributed by atoms with van der Waals surface area (Å²) < 4.78 is 11.2. The fourth-order valence-electron chi connectivity index (χ4n) is 12.9. The molecular weight excluding hydrogens is 1090 g/mol. The third-order valence-corrected chi connectivity index (χ3v) is 19.1. The maximum Gasteiger partial charge on any atom is 0.249 e. The Balaban J connectivity index is 2.14. The Labute approximate surface area is 538 Å². The van der Waals surface area contributed by atoms with Gasteiger partial charge in [0, 0.05) is 0 Å². The Morgan fingerprint density at radius 1 is 0.391 bits per heavy atom. The molecule has 1 amide bonds. The lowest BCUT2D eigenvalue weighted by molar-refractivity contribution is -0.303. The van der Waals surface area contributed by atoms with E-state index in [1.165, 1.54) is 321 Å². The number of aliphatic hydroxyl groups excluding tert-OH is 7. The molecule has 0 saturated carbocycles. The van der Waals surface area contributed by atoms with Gasteiger partial charge in [0.2, 0.25) is 5.91 Å². The summed E-state index contributed by atoms with van der Waals surface area (Å²) >= 11 is 0. The minimum absolute atomic E-state index is 0.265. The number of nitrogens with one attached hydrogen (secondary N) is 1. The zero-order chi connectivity index (χ0) is 63.1. The van der Waals surface area contributed by atoms with Crippen LogP contribution in [0.4, 0.5) is 0 Å². The Kier molecular flexibility index (Phi) is 62.6. The van der Waals surface area contributed by atoms with Crippen LogP contribution >= 0.6 is 0 Å². The molecule has 9 atom stereocenters. The molecule has 518 valence electrons. The predicted molar refractivity (Wildman–Crippen MR) is 367 cm³/mol. The molecule has 0 radical (unpaired) electrons. The molecule has 87 heavy (non-hydrogen) atoms. The van der Waals surface area contributed by atoms with E-state index in [-0.39, 0.29) is 6.42 Å². The van der Waals surface area contributed by atoms with E-state index in [0.29, 0.717) is 19.3 Å². The number of hydrogen-bond donors (Lipinski definition) is 8. The number of carbonyl (C=O) groups is 1. The molecule has 8 N–H and O–H groups in total. The Bertz CT molecular complexity index is 1420. The minimum atomic E-state index is -1.66. The Hall–Kier alpha value is -1.15. The van der Waals surface area contributed by atoms with Gasteiger partial charge in [-0.15, -0.1) is 0 Å². The van der Waals surface area contributed by atoms with E-state index in [4.69, 9.17) is 9.47 Å². The molecule has 1 rings (SSSR count). The van der Waals surface area contributed by atoms with Gasteiger partial charge in [0.05, 0.1) is 25.4 Å². The Morgan fingerprint density at radius 3 is 0.966 bits per heavy atom. The summed E-state index contributed by atoms with van der Waals surface area (Å²) in [6.45, 7) is 3.53. The number of hydrogen-bond acceptors (Lipinski definition) is 10. The van der Waals surface area contributed by atoms with Gasteiger partial charge in [0.15, 0.2) is 6.29 Å². The van der Waals surface area contributed by atoms with E-state index in [9.17, 15) is 40.5 Å². The number of aliphatic hydroxyl groups is 7. The second kappa shape index (κ2) is 64.9. The first-order chi connectivity index (χ1) is 42.7. The van der Waals surface area contributed by atoms with Crippen LogP contribution < -0.4 is 5.32 Å². The monoisotopic (exact) mass is 1240 g/mol. The van der Waals surface area contributed by atoms with Gasteiger partial charge >= 0.3 is 0 Å². The third kappa shape index (κ3) is 52.0. The van der Waals surface area contributed by atoms with E-state index in [0.717, 1.165) is 38.5 Å². The summed E-state index contributed by atoms with van der Waals surface area (Å²) in [5, 5.41) is 76.7. The van der Waals surface area contributed by atoms with Crippen LogP contribution in [0.2, 0.25) is 0 Å². The van der Waals surface area contributed by atoms with Crippen LogP contribution in [0.3, 0.4) is 0 Å². The fourth-order valence-corrected chi connectivity index (χ4v) is 12.9. The lowest BCUT2D eigenvalue weighted by Gasteiger charge is -2.40. The molecule has 1 fully saturated rings. The number of unbranched alkanes of at least 4 members (excludes halogenated alkanes) is 55. The van der Waals surface area contributed by atoms with Crippen LogP contribution in [0, 0.1) is 0 Å². The van der Waals surface area contributed by atoms with Crippen molar-refractivity contribution in [3.8, 4) is 0 Å². The van der Waals surface area contributed by atoms with Crippen molar-refractivity contribution in [2.24, 2.45) is 0 Å². The zero-order valence-corrected chi connectivity index (χ0v) is 57.5. The van der Waals surface area contributed by atoms with E-state index < -0.39 is 74.2 Å². The zero-order valence-electron chi connectivity index (χ0n) is 57.5. The van der Waals surface area contributed by atoms with Crippen molar-refractivity contribution < 1.29 is 50.0 Å². The average Bonchev–Trinajstić information content (AvgIpc) is 1.96. The highest BCUT2D eigenvalue weighted by atomic mass is 16.7. The van der Waals surface area contributed by atoms with Crippen molar-refractivity contribution in [1.29, 1.82) is 0 Å². The average molecular weight is 1240 g/mol. The topological polar surface area (TPSA) is 189 Å². The molecule has 0 aromatic carbocycles. The van der Waals surface area contributed by atoms with Gasteiger partial charge in [-0.1, -0.05) is 373 Å². The van der Waals surface area contributed by atoms with Crippen molar-refractivity contribution in [1.82, 2.24) is 5.32 Å². The molecule has 1 saturated heterocycles. The van der Waals surface area contributed by atoms with Crippen molar-refractivity contribution in [3.05, 3.63) is 12.2 Å². The largest absolute Gasteiger partial charge is 0.394 e. The first kappa shape index (κ1) is 83.9. The predicted octanol–water partition coefficient (Wildman–Crippen LogP) is 19.4. The van der Waals surface area contributed by atoms with Gasteiger partial charge in [-0.3, -0.25) is 4.79 Å². The number of ether oxygens (including phenoxy) is 2. The smallest absolute Gasteiger partial charge is 0.249 e. The van der Waals surface area contributed by atoms with Crippen molar-refractivity contribution in [2.75, 3.05) is 13.2 Å². The summed E-state index contributed by atoms with van der Waals surface area (Å²) in [6.07, 6.45) is 70.3. The third-order valence-electron chi connectivity index (χ3n) is 19.1. The van der Waals surface area contributed by atoms with E-state index in [1.807, 2.05) is 0 Å². The van der Waals surface area contributed by atoms with Gasteiger partial charge in [0.1, 0.15) is 36.6 Å². The van der Waals surface area contributed by atoms with Crippen LogP contribution in [-0.4, -0.2) is 110 Å². The number of amides is 1. The van der Waals surface area contributed by atoms with E-state index in [1.54, 1.807) is 0 Å². The normalized spacial score (nSPS) is 18.7. The molecule has 1 aliphatic heterocycles. The van der Waals surface area contributed by atoms with E-state index >= 15 is 0 Å². The van der Waals surface area contributed by atoms with Gasteiger partial charge in [-0.05, 0) is 38.5 Å². The molecule has 0 bridgehead atoms. The number of carbonyl (C=O) groups excluding carboxylic acids is 1. The molecule has 11 nitrogen and oxygen atoms in total. The lowest BCUT2D eigenvalue weighted by atomic mass is 9.98. The molecule has 1 heterocycles. The fraction of sp³-hybridized carbons (Fsp3) is 0.961. The first-order valence-corrected chi connectivity index (χ1v) is 38.6. The summed E-state index contributed by atoms with van der Waals surface area (Å²) in [5.41, 5.74) is 0. The second-order valence-corrected chi connectivity index (χ2v) is 27.4. The van der Waals surface area contributed by atoms with Crippen LogP contribution in [0.25, 0.3) is 0 Å². The molecule has 0 aliphatic carbocycles. The highest BCUT2D eigenvalue weighted by Gasteiger charge is 2.44. The van der Waals surface area contributed by atoms with Gasteiger partial charge in [0.25, 0.3) is 0 Å². The molecular formula is C76H149NO10. The van der Waals surface area contributed by atoms with Gasteiger partial charge < -0.3 is 50.5 Å². The highest BCUT2D eigenvalue weighted by molar-refractivity contribution is 5.80. The molecule has 11 heteroatoms. The highest BCUT2D eigenvalue weighted by Crippen LogP contribution is 2.24. The molecule has 1 aliphatic rings. The number of rotatable bonds is 69. The molecule has 0 aromatic rings. The molecule has 9 unspecified atom stereocenters. The van der Waals surface area contributed by atoms with Crippen molar-refractivity contribution in [2.45, 2.75) is 454 Å². The van der Waals surface area contributed by atoms with Crippen LogP contribution in [0.15, 0.2) is 12.2 Å². The van der Waals surface area contributed by atoms with Gasteiger partial charge in [-0.25, -0.2) is 0 Å². The van der Waals surface area contributed by atoms with Gasteiger partial charge in [-0.2, -0.15) is 0 Å². The minimum Gasteiger partial charge on any atom is -0.394 e. The van der Waals surface area contributed by atoms with E-state index in [2.05, 4.69) is 31.3 Å². The van der Waals surface area contributed by atoms with Crippen LogP contribution in [0.5, 0.6) is 0 Å². The maximum absolute atomic E-state index is 13.3. The van der Waals surface area contributed by atoms with Crippen LogP contribution in [0.1, 0.15) is 399 Å². The molecule has 0 spiro atoms. The van der Waals surface area contributed by atoms with Crippen LogP contribution in [-0.2, 0) is 14.3 Å². The first-order valence-electron chi connectivity index (χ1n) is 38.6. The second-order valence-electron chi connectivity index (χ2n) is 27.4. The summed E-state index contributed by atoms with van der Waals surface area (Å²) in [7, 11) is 0.